The molecule has 2 heterocycles. The van der Waals surface area contributed by atoms with Crippen molar-refractivity contribution in [3.63, 3.8) is 0 Å². The predicted octanol–water partition coefficient (Wildman–Crippen LogP) is 0.845. The highest BCUT2D eigenvalue weighted by atomic mass is 32.2. The highest BCUT2D eigenvalue weighted by molar-refractivity contribution is 7.99. The van der Waals surface area contributed by atoms with Crippen molar-refractivity contribution in [1.29, 1.82) is 0 Å². The molecule has 0 spiro atoms. The number of sulfonamides is 1. The zero-order valence-corrected chi connectivity index (χ0v) is 15.2. The standard InChI is InChI=1S/C16H23N3O3S2/c17-11-13-4-5-19(12-13)24(21,22)15-3-1-2-14(10-15)16(20)18-6-8-23-9-7-18/h1-3,10,13H,4-9,11-12,17H2/t13-/m0/s1. The maximum absolute atomic E-state index is 12.8. The molecule has 0 radical (unpaired) electrons. The molecule has 1 aromatic rings. The Labute approximate surface area is 147 Å². The molecule has 2 fully saturated rings. The molecule has 0 bridgehead atoms. The summed E-state index contributed by atoms with van der Waals surface area (Å²) in [5, 5.41) is 0. The molecule has 0 aliphatic carbocycles. The van der Waals surface area contributed by atoms with Crippen LogP contribution in [0.3, 0.4) is 0 Å². The van der Waals surface area contributed by atoms with Gasteiger partial charge >= 0.3 is 0 Å². The van der Waals surface area contributed by atoms with Gasteiger partial charge in [-0.25, -0.2) is 8.42 Å². The first-order chi connectivity index (χ1) is 11.5. The average Bonchev–Trinajstić information content (AvgIpc) is 3.12. The molecule has 2 aliphatic heterocycles. The minimum absolute atomic E-state index is 0.0893. The smallest absolute Gasteiger partial charge is 0.253 e. The van der Waals surface area contributed by atoms with E-state index in [9.17, 15) is 13.2 Å². The number of thioether (sulfide) groups is 1. The molecule has 2 saturated heterocycles. The van der Waals surface area contributed by atoms with Gasteiger partial charge in [-0.15, -0.1) is 0 Å². The van der Waals surface area contributed by atoms with Crippen LogP contribution in [0, 0.1) is 5.92 Å². The van der Waals surface area contributed by atoms with Crippen molar-refractivity contribution in [3.8, 4) is 0 Å². The number of nitrogens with zero attached hydrogens (tertiary/aromatic N) is 2. The van der Waals surface area contributed by atoms with Crippen LogP contribution < -0.4 is 5.73 Å². The summed E-state index contributed by atoms with van der Waals surface area (Å²) < 4.78 is 27.1. The van der Waals surface area contributed by atoms with Crippen LogP contribution in [0.25, 0.3) is 0 Å². The number of nitrogens with two attached hydrogens (primary N) is 1. The normalized spacial score (nSPS) is 22.7. The molecule has 1 amide bonds. The van der Waals surface area contributed by atoms with Crippen LogP contribution in [0.2, 0.25) is 0 Å². The zero-order valence-electron chi connectivity index (χ0n) is 13.6. The van der Waals surface area contributed by atoms with E-state index in [0.717, 1.165) is 17.9 Å². The SMILES string of the molecule is NC[C@@H]1CCN(S(=O)(=O)c2cccc(C(=O)N3CCSCC3)c2)C1. The van der Waals surface area contributed by atoms with Crippen molar-refractivity contribution < 1.29 is 13.2 Å². The molecule has 0 saturated carbocycles. The van der Waals surface area contributed by atoms with Crippen LogP contribution in [0.15, 0.2) is 29.2 Å². The molecular formula is C16H23N3O3S2. The largest absolute Gasteiger partial charge is 0.337 e. The summed E-state index contributed by atoms with van der Waals surface area (Å²) >= 11 is 1.83. The Bertz CT molecular complexity index is 702. The number of carbonyl (C=O) groups is 1. The number of hydrogen-bond donors (Lipinski definition) is 1. The maximum atomic E-state index is 12.8. The van der Waals surface area contributed by atoms with Gasteiger partial charge in [0, 0.05) is 43.2 Å². The van der Waals surface area contributed by atoms with Crippen molar-refractivity contribution in [2.75, 3.05) is 44.2 Å². The summed E-state index contributed by atoms with van der Waals surface area (Å²) in [5.41, 5.74) is 6.09. The number of hydrogen-bond acceptors (Lipinski definition) is 5. The van der Waals surface area contributed by atoms with Gasteiger partial charge in [-0.2, -0.15) is 16.1 Å². The molecule has 24 heavy (non-hydrogen) atoms. The molecule has 8 heteroatoms. The highest BCUT2D eigenvalue weighted by Crippen LogP contribution is 2.25. The number of carbonyl (C=O) groups excluding carboxylic acids is 1. The summed E-state index contributed by atoms with van der Waals surface area (Å²) in [4.78, 5) is 14.6. The summed E-state index contributed by atoms with van der Waals surface area (Å²) in [6.45, 7) is 2.87. The Balaban J connectivity index is 1.80. The van der Waals surface area contributed by atoms with Gasteiger partial charge in [0.15, 0.2) is 0 Å². The predicted molar refractivity (Wildman–Crippen MR) is 95.6 cm³/mol. The maximum Gasteiger partial charge on any atom is 0.253 e. The summed E-state index contributed by atoms with van der Waals surface area (Å²) in [5.74, 6) is 1.99. The Kier molecular flexibility index (Phi) is 5.49. The van der Waals surface area contributed by atoms with Crippen LogP contribution in [0.5, 0.6) is 0 Å². The molecule has 132 valence electrons. The first-order valence-electron chi connectivity index (χ1n) is 8.19. The van der Waals surface area contributed by atoms with E-state index in [0.29, 0.717) is 38.3 Å². The molecule has 1 atom stereocenters. The van der Waals surface area contributed by atoms with Crippen molar-refractivity contribution >= 4 is 27.7 Å². The average molecular weight is 370 g/mol. The zero-order chi connectivity index (χ0) is 17.2. The first kappa shape index (κ1) is 17.7. The summed E-state index contributed by atoms with van der Waals surface area (Å²) in [6, 6.07) is 6.41. The summed E-state index contributed by atoms with van der Waals surface area (Å²) in [6.07, 6.45) is 0.791. The van der Waals surface area contributed by atoms with E-state index >= 15 is 0 Å². The molecule has 6 nitrogen and oxygen atoms in total. The highest BCUT2D eigenvalue weighted by Gasteiger charge is 2.32. The molecule has 0 unspecified atom stereocenters. The topological polar surface area (TPSA) is 83.7 Å². The second kappa shape index (κ2) is 7.43. The van der Waals surface area contributed by atoms with Gasteiger partial charge in [-0.05, 0) is 37.1 Å². The molecular weight excluding hydrogens is 346 g/mol. The molecule has 2 N–H and O–H groups in total. The lowest BCUT2D eigenvalue weighted by Crippen LogP contribution is -2.38. The lowest BCUT2D eigenvalue weighted by atomic mass is 10.1. The first-order valence-corrected chi connectivity index (χ1v) is 10.8. The van der Waals surface area contributed by atoms with Crippen molar-refractivity contribution in [2.45, 2.75) is 11.3 Å². The number of benzene rings is 1. The van der Waals surface area contributed by atoms with E-state index in [1.165, 1.54) is 10.4 Å². The second-order valence-electron chi connectivity index (χ2n) is 6.19. The van der Waals surface area contributed by atoms with Crippen molar-refractivity contribution in [1.82, 2.24) is 9.21 Å². The third kappa shape index (κ3) is 3.61. The fourth-order valence-electron chi connectivity index (χ4n) is 3.10. The Hall–Kier alpha value is -1.09. The Morgan fingerprint density at radius 3 is 2.67 bits per heavy atom. The molecule has 1 aromatic carbocycles. The van der Waals surface area contributed by atoms with Gasteiger partial charge in [0.1, 0.15) is 0 Å². The van der Waals surface area contributed by atoms with Gasteiger partial charge in [0.25, 0.3) is 5.91 Å². The minimum atomic E-state index is -3.57. The van der Waals surface area contributed by atoms with Crippen LogP contribution in [0.1, 0.15) is 16.8 Å². The summed E-state index contributed by atoms with van der Waals surface area (Å²) in [7, 11) is -3.57. The third-order valence-corrected chi connectivity index (χ3v) is 7.40. The number of rotatable bonds is 4. The second-order valence-corrected chi connectivity index (χ2v) is 9.35. The molecule has 3 rings (SSSR count). The van der Waals surface area contributed by atoms with E-state index < -0.39 is 10.0 Å². The van der Waals surface area contributed by atoms with Crippen LogP contribution in [-0.4, -0.2) is 67.8 Å². The van der Waals surface area contributed by atoms with E-state index in [-0.39, 0.29) is 16.7 Å². The minimum Gasteiger partial charge on any atom is -0.337 e. The lowest BCUT2D eigenvalue weighted by molar-refractivity contribution is 0.0772. The van der Waals surface area contributed by atoms with Crippen LogP contribution in [-0.2, 0) is 10.0 Å². The van der Waals surface area contributed by atoms with E-state index in [4.69, 9.17) is 5.73 Å². The van der Waals surface area contributed by atoms with Gasteiger partial charge in [-0.1, -0.05) is 6.07 Å². The van der Waals surface area contributed by atoms with E-state index in [1.54, 1.807) is 23.1 Å². The van der Waals surface area contributed by atoms with Crippen molar-refractivity contribution in [2.24, 2.45) is 11.7 Å². The Morgan fingerprint density at radius 1 is 1.25 bits per heavy atom. The monoisotopic (exact) mass is 369 g/mol. The lowest BCUT2D eigenvalue weighted by Gasteiger charge is -2.26. The quantitative estimate of drug-likeness (QED) is 0.850. The number of amides is 1. The van der Waals surface area contributed by atoms with Crippen LogP contribution >= 0.6 is 11.8 Å². The molecule has 0 aromatic heterocycles. The molecule has 2 aliphatic rings. The van der Waals surface area contributed by atoms with E-state index in [2.05, 4.69) is 0 Å². The fraction of sp³-hybridized carbons (Fsp3) is 0.562. The van der Waals surface area contributed by atoms with E-state index in [1.807, 2.05) is 11.8 Å². The van der Waals surface area contributed by atoms with Crippen molar-refractivity contribution in [3.05, 3.63) is 29.8 Å². The van der Waals surface area contributed by atoms with Gasteiger partial charge in [0.2, 0.25) is 10.0 Å². The fourth-order valence-corrected chi connectivity index (χ4v) is 5.58. The third-order valence-electron chi connectivity index (χ3n) is 4.60. The van der Waals surface area contributed by atoms with Gasteiger partial charge < -0.3 is 10.6 Å². The van der Waals surface area contributed by atoms with Gasteiger partial charge in [0.05, 0.1) is 4.90 Å². The van der Waals surface area contributed by atoms with Gasteiger partial charge in [-0.3, -0.25) is 4.79 Å². The van der Waals surface area contributed by atoms with Crippen LogP contribution in [0.4, 0.5) is 0 Å². The Morgan fingerprint density at radius 2 is 2.00 bits per heavy atom.